The molecular formula is C30H35N5O3S. The molecule has 4 fully saturated rings. The Balaban J connectivity index is 1.08. The second kappa shape index (κ2) is 9.64. The monoisotopic (exact) mass is 545 g/mol. The van der Waals surface area contributed by atoms with Crippen LogP contribution in [0.15, 0.2) is 64.6 Å². The van der Waals surface area contributed by atoms with Crippen molar-refractivity contribution in [3.05, 3.63) is 77.1 Å². The van der Waals surface area contributed by atoms with Crippen LogP contribution in [-0.4, -0.2) is 25.2 Å². The number of hydrazone groups is 1. The molecule has 0 atom stereocenters. The first-order valence-corrected chi connectivity index (χ1v) is 15.2. The normalized spacial score (nSPS) is 25.8. The first kappa shape index (κ1) is 25.8. The van der Waals surface area contributed by atoms with Gasteiger partial charge in [-0.3, -0.25) is 0 Å². The lowest BCUT2D eigenvalue weighted by molar-refractivity contribution is -0.00518. The van der Waals surface area contributed by atoms with Crippen LogP contribution in [0.5, 0.6) is 0 Å². The molecule has 2 aromatic carbocycles. The summed E-state index contributed by atoms with van der Waals surface area (Å²) in [5.41, 5.74) is 8.57. The Bertz CT molecular complexity index is 1500. The van der Waals surface area contributed by atoms with Crippen LogP contribution in [-0.2, 0) is 15.4 Å². The minimum absolute atomic E-state index is 0.0631. The van der Waals surface area contributed by atoms with Crippen LogP contribution in [0.25, 0.3) is 5.69 Å². The number of nitrogens with two attached hydrogens (primary N) is 1. The summed E-state index contributed by atoms with van der Waals surface area (Å²) in [5, 5.41) is 12.2. The molecule has 4 bridgehead atoms. The summed E-state index contributed by atoms with van der Waals surface area (Å²) in [7, 11) is -3.75. The molecule has 7 rings (SSSR count). The lowest BCUT2D eigenvalue weighted by Gasteiger charge is -2.57. The number of urea groups is 1. The Morgan fingerprint density at radius 1 is 0.974 bits per heavy atom. The third-order valence-electron chi connectivity index (χ3n) is 9.06. The minimum atomic E-state index is -3.75. The van der Waals surface area contributed by atoms with Crippen molar-refractivity contribution in [1.29, 1.82) is 0 Å². The van der Waals surface area contributed by atoms with E-state index in [1.165, 1.54) is 56.2 Å². The molecule has 1 heterocycles. The lowest BCUT2D eigenvalue weighted by Crippen LogP contribution is -2.48. The Labute approximate surface area is 229 Å². The maximum absolute atomic E-state index is 12.5. The first-order valence-electron chi connectivity index (χ1n) is 13.6. The van der Waals surface area contributed by atoms with Gasteiger partial charge in [-0.15, -0.1) is 0 Å². The maximum Gasteiger partial charge on any atom is 0.339 e. The van der Waals surface area contributed by atoms with Crippen molar-refractivity contribution in [2.24, 2.45) is 28.0 Å². The molecule has 1 aromatic heterocycles. The standard InChI is InChI=1S/C30H35N5O3S/c1-19-11-24(20(2)35(19)27-7-9-28(10-8-27)39(31,37)38)18-32-34-29(36)33-26-5-3-25(4-6-26)30-15-21-12-22(16-30)14-23(13-21)17-30/h3-11,18,21-23H,12-17H2,1-2H3,(H2,31,37,38)(H2,33,34,36)/b32-18+. The van der Waals surface area contributed by atoms with Gasteiger partial charge in [0.1, 0.15) is 0 Å². The van der Waals surface area contributed by atoms with E-state index in [0.717, 1.165) is 46.1 Å². The molecule has 39 heavy (non-hydrogen) atoms. The van der Waals surface area contributed by atoms with Crippen LogP contribution >= 0.6 is 0 Å². The number of sulfonamides is 1. The van der Waals surface area contributed by atoms with Crippen molar-refractivity contribution in [3.8, 4) is 5.69 Å². The van der Waals surface area contributed by atoms with Gasteiger partial charge >= 0.3 is 6.03 Å². The van der Waals surface area contributed by atoms with E-state index < -0.39 is 16.1 Å². The third kappa shape index (κ3) is 5.01. The Morgan fingerprint density at radius 3 is 2.13 bits per heavy atom. The predicted molar refractivity (Wildman–Crippen MR) is 153 cm³/mol. The number of rotatable bonds is 6. The highest BCUT2D eigenvalue weighted by atomic mass is 32.2. The first-order chi connectivity index (χ1) is 18.6. The highest BCUT2D eigenvalue weighted by Crippen LogP contribution is 2.60. The van der Waals surface area contributed by atoms with E-state index >= 15 is 0 Å². The van der Waals surface area contributed by atoms with E-state index in [1.54, 1.807) is 18.3 Å². The average molecular weight is 546 g/mol. The highest BCUT2D eigenvalue weighted by molar-refractivity contribution is 7.89. The molecule has 9 heteroatoms. The van der Waals surface area contributed by atoms with Crippen molar-refractivity contribution in [3.63, 3.8) is 0 Å². The van der Waals surface area contributed by atoms with Gasteiger partial charge in [-0.05, 0) is 124 Å². The van der Waals surface area contributed by atoms with Crippen molar-refractivity contribution in [2.75, 3.05) is 5.32 Å². The average Bonchev–Trinajstić information content (AvgIpc) is 3.15. The van der Waals surface area contributed by atoms with E-state index in [9.17, 15) is 13.2 Å². The number of hydrogen-bond acceptors (Lipinski definition) is 4. The molecule has 2 amide bonds. The van der Waals surface area contributed by atoms with Gasteiger partial charge in [-0.25, -0.2) is 23.8 Å². The van der Waals surface area contributed by atoms with Gasteiger partial charge in [0.05, 0.1) is 11.1 Å². The maximum atomic E-state index is 12.5. The zero-order chi connectivity index (χ0) is 27.4. The fourth-order valence-electron chi connectivity index (χ4n) is 7.79. The van der Waals surface area contributed by atoms with Crippen LogP contribution < -0.4 is 15.9 Å². The zero-order valence-corrected chi connectivity index (χ0v) is 23.2. The molecule has 204 valence electrons. The fraction of sp³-hybridized carbons (Fsp3) is 0.400. The van der Waals surface area contributed by atoms with Crippen molar-refractivity contribution < 1.29 is 13.2 Å². The predicted octanol–water partition coefficient (Wildman–Crippen LogP) is 5.36. The summed E-state index contributed by atoms with van der Waals surface area (Å²) in [4.78, 5) is 12.6. The Morgan fingerprint density at radius 2 is 1.56 bits per heavy atom. The summed E-state index contributed by atoms with van der Waals surface area (Å²) < 4.78 is 25.1. The molecule has 8 nitrogen and oxygen atoms in total. The quantitative estimate of drug-likeness (QED) is 0.286. The molecule has 4 N–H and O–H groups in total. The van der Waals surface area contributed by atoms with E-state index in [0.29, 0.717) is 5.41 Å². The van der Waals surface area contributed by atoms with Gasteiger partial charge in [0, 0.05) is 28.3 Å². The van der Waals surface area contributed by atoms with Crippen LogP contribution in [0.1, 0.15) is 61.0 Å². The molecule has 4 saturated carbocycles. The lowest BCUT2D eigenvalue weighted by atomic mass is 9.48. The Kier molecular flexibility index (Phi) is 6.38. The Hall–Kier alpha value is -3.43. The summed E-state index contributed by atoms with van der Waals surface area (Å²) in [5.74, 6) is 2.70. The van der Waals surface area contributed by atoms with E-state index in [2.05, 4.69) is 28.0 Å². The van der Waals surface area contributed by atoms with Gasteiger partial charge in [-0.1, -0.05) is 12.1 Å². The van der Waals surface area contributed by atoms with Crippen LogP contribution in [0, 0.1) is 31.6 Å². The largest absolute Gasteiger partial charge is 0.339 e. The van der Waals surface area contributed by atoms with Crippen molar-refractivity contribution >= 4 is 28.0 Å². The zero-order valence-electron chi connectivity index (χ0n) is 22.4. The number of amides is 2. The minimum Gasteiger partial charge on any atom is -0.318 e. The van der Waals surface area contributed by atoms with Crippen molar-refractivity contribution in [1.82, 2.24) is 9.99 Å². The van der Waals surface area contributed by atoms with E-state index in [4.69, 9.17) is 5.14 Å². The summed E-state index contributed by atoms with van der Waals surface area (Å²) in [6, 6.07) is 16.4. The van der Waals surface area contributed by atoms with Gasteiger partial charge in [0.15, 0.2) is 0 Å². The molecule has 0 spiro atoms. The van der Waals surface area contributed by atoms with Crippen molar-refractivity contribution in [2.45, 2.75) is 62.7 Å². The third-order valence-corrected chi connectivity index (χ3v) is 9.99. The molecule has 0 radical (unpaired) electrons. The van der Waals surface area contributed by atoms with Crippen LogP contribution in [0.3, 0.4) is 0 Å². The molecule has 4 aliphatic carbocycles. The summed E-state index contributed by atoms with van der Waals surface area (Å²) >= 11 is 0. The molecule has 0 saturated heterocycles. The molecule has 0 aliphatic heterocycles. The number of carbonyl (C=O) groups is 1. The number of aromatic nitrogens is 1. The summed E-state index contributed by atoms with van der Waals surface area (Å²) in [6.45, 7) is 3.89. The van der Waals surface area contributed by atoms with Gasteiger partial charge in [0.2, 0.25) is 10.0 Å². The topological polar surface area (TPSA) is 119 Å². The number of nitrogens with one attached hydrogen (secondary N) is 2. The molecule has 3 aromatic rings. The van der Waals surface area contributed by atoms with Crippen LogP contribution in [0.4, 0.5) is 10.5 Å². The number of aryl methyl sites for hydroxylation is 1. The second-order valence-electron chi connectivity index (χ2n) is 11.8. The fourth-order valence-corrected chi connectivity index (χ4v) is 8.31. The second-order valence-corrected chi connectivity index (χ2v) is 13.4. The smallest absolute Gasteiger partial charge is 0.318 e. The van der Waals surface area contributed by atoms with E-state index in [1.807, 2.05) is 36.6 Å². The molecular weight excluding hydrogens is 510 g/mol. The number of primary sulfonamides is 1. The van der Waals surface area contributed by atoms with Gasteiger partial charge in [0.25, 0.3) is 0 Å². The molecule has 0 unspecified atom stereocenters. The number of hydrogen-bond donors (Lipinski definition) is 3. The number of benzene rings is 2. The number of anilines is 1. The van der Waals surface area contributed by atoms with E-state index in [-0.39, 0.29) is 4.90 Å². The SMILES string of the molecule is Cc1cc(/C=N/NC(=O)Nc2ccc(C34CC5CC(CC(C5)C3)C4)cc2)c(C)n1-c1ccc(S(N)(=O)=O)cc1. The molecule has 4 aliphatic rings. The number of nitrogens with zero attached hydrogens (tertiary/aromatic N) is 2. The van der Waals surface area contributed by atoms with Crippen LogP contribution in [0.2, 0.25) is 0 Å². The van der Waals surface area contributed by atoms with Gasteiger partial charge < -0.3 is 9.88 Å². The highest BCUT2D eigenvalue weighted by Gasteiger charge is 2.51. The number of carbonyl (C=O) groups excluding carboxylic acids is 1. The summed E-state index contributed by atoms with van der Waals surface area (Å²) in [6.07, 6.45) is 9.86. The van der Waals surface area contributed by atoms with Gasteiger partial charge in [-0.2, -0.15) is 5.10 Å².